The maximum Gasteiger partial charge on any atom is 0.254 e. The molecular weight excluding hydrogens is 345 g/mol. The highest BCUT2D eigenvalue weighted by molar-refractivity contribution is 5.96. The van der Waals surface area contributed by atoms with Gasteiger partial charge >= 0.3 is 0 Å². The van der Waals surface area contributed by atoms with Crippen LogP contribution in [0, 0.1) is 5.82 Å². The average molecular weight is 371 g/mol. The van der Waals surface area contributed by atoms with E-state index in [2.05, 4.69) is 35.4 Å². The Kier molecular flexibility index (Phi) is 7.95. The highest BCUT2D eigenvalue weighted by Gasteiger charge is 2.12. The summed E-state index contributed by atoms with van der Waals surface area (Å²) in [6.45, 7) is 7.15. The van der Waals surface area contributed by atoms with E-state index in [-0.39, 0.29) is 18.0 Å². The number of rotatable bonds is 9. The molecule has 0 spiro atoms. The van der Waals surface area contributed by atoms with E-state index in [1.807, 2.05) is 18.2 Å². The number of nitrogens with zero attached hydrogens (tertiary/aromatic N) is 1. The molecule has 0 saturated carbocycles. The molecule has 0 aliphatic heterocycles. The van der Waals surface area contributed by atoms with Crippen LogP contribution in [0.25, 0.3) is 0 Å². The summed E-state index contributed by atoms with van der Waals surface area (Å²) >= 11 is 0. The lowest BCUT2D eigenvalue weighted by molar-refractivity contribution is -0.120. The van der Waals surface area contributed by atoms with E-state index >= 15 is 0 Å². The Bertz CT molecular complexity index is 776. The van der Waals surface area contributed by atoms with Gasteiger partial charge in [0.25, 0.3) is 5.91 Å². The van der Waals surface area contributed by atoms with Crippen molar-refractivity contribution in [1.29, 1.82) is 0 Å². The summed E-state index contributed by atoms with van der Waals surface area (Å²) in [6.07, 6.45) is 0. The summed E-state index contributed by atoms with van der Waals surface area (Å²) in [5.74, 6) is -1.54. The average Bonchev–Trinajstić information content (AvgIpc) is 2.69. The Labute approximate surface area is 159 Å². The second-order valence-electron chi connectivity index (χ2n) is 6.17. The minimum absolute atomic E-state index is 0.0742. The zero-order valence-electron chi connectivity index (χ0n) is 15.8. The van der Waals surface area contributed by atoms with Gasteiger partial charge in [-0.3, -0.25) is 14.5 Å². The van der Waals surface area contributed by atoms with Crippen LogP contribution in [0.15, 0.2) is 48.5 Å². The first-order valence-electron chi connectivity index (χ1n) is 9.13. The fourth-order valence-electron chi connectivity index (χ4n) is 2.73. The number of carbonyl (C=O) groups excluding carboxylic acids is 2. The topological polar surface area (TPSA) is 61.4 Å². The van der Waals surface area contributed by atoms with Gasteiger partial charge in [0.1, 0.15) is 5.82 Å². The molecular formula is C21H26FN3O2. The van der Waals surface area contributed by atoms with Gasteiger partial charge < -0.3 is 10.6 Å². The van der Waals surface area contributed by atoms with E-state index in [1.54, 1.807) is 6.07 Å². The number of amides is 2. The van der Waals surface area contributed by atoms with Crippen LogP contribution in [-0.4, -0.2) is 36.3 Å². The van der Waals surface area contributed by atoms with Crippen LogP contribution >= 0.6 is 0 Å². The van der Waals surface area contributed by atoms with Crippen molar-refractivity contribution in [3.8, 4) is 0 Å². The van der Waals surface area contributed by atoms with Gasteiger partial charge in [-0.15, -0.1) is 0 Å². The second kappa shape index (κ2) is 10.4. The summed E-state index contributed by atoms with van der Waals surface area (Å²) in [6, 6.07) is 13.6. The van der Waals surface area contributed by atoms with Crippen molar-refractivity contribution in [1.82, 2.24) is 15.5 Å². The SMILES string of the molecule is CCN(CC)Cc1ccccc1CNC(=O)CNC(=O)c1ccccc1F. The van der Waals surface area contributed by atoms with Crippen LogP contribution in [0.4, 0.5) is 4.39 Å². The first-order chi connectivity index (χ1) is 13.0. The molecule has 0 aliphatic carbocycles. The zero-order chi connectivity index (χ0) is 19.6. The third kappa shape index (κ3) is 6.18. The van der Waals surface area contributed by atoms with Gasteiger partial charge in [-0.25, -0.2) is 4.39 Å². The second-order valence-corrected chi connectivity index (χ2v) is 6.17. The Morgan fingerprint density at radius 1 is 0.926 bits per heavy atom. The van der Waals surface area contributed by atoms with Crippen molar-refractivity contribution in [2.24, 2.45) is 0 Å². The van der Waals surface area contributed by atoms with Crippen molar-refractivity contribution >= 4 is 11.8 Å². The number of carbonyl (C=O) groups is 2. The molecule has 2 aromatic rings. The first-order valence-corrected chi connectivity index (χ1v) is 9.13. The van der Waals surface area contributed by atoms with Crippen molar-refractivity contribution in [3.63, 3.8) is 0 Å². The number of nitrogens with one attached hydrogen (secondary N) is 2. The molecule has 0 radical (unpaired) electrons. The highest BCUT2D eigenvalue weighted by Crippen LogP contribution is 2.11. The Morgan fingerprint density at radius 2 is 1.56 bits per heavy atom. The zero-order valence-corrected chi connectivity index (χ0v) is 15.8. The van der Waals surface area contributed by atoms with Gasteiger partial charge in [0.15, 0.2) is 0 Å². The minimum Gasteiger partial charge on any atom is -0.350 e. The number of benzene rings is 2. The van der Waals surface area contributed by atoms with Crippen LogP contribution in [0.2, 0.25) is 0 Å². The predicted molar refractivity (Wildman–Crippen MR) is 104 cm³/mol. The van der Waals surface area contributed by atoms with Gasteiger partial charge in [0.05, 0.1) is 12.1 Å². The maximum atomic E-state index is 13.6. The third-order valence-corrected chi connectivity index (χ3v) is 4.41. The normalized spacial score (nSPS) is 10.7. The Hall–Kier alpha value is -2.73. The molecule has 2 N–H and O–H groups in total. The monoisotopic (exact) mass is 371 g/mol. The van der Waals surface area contributed by atoms with E-state index in [9.17, 15) is 14.0 Å². The van der Waals surface area contributed by atoms with Gasteiger partial charge in [0, 0.05) is 13.1 Å². The number of halogens is 1. The molecule has 2 aromatic carbocycles. The molecule has 5 nitrogen and oxygen atoms in total. The molecule has 2 rings (SSSR count). The molecule has 0 atom stereocenters. The van der Waals surface area contributed by atoms with Crippen LogP contribution in [-0.2, 0) is 17.9 Å². The molecule has 144 valence electrons. The van der Waals surface area contributed by atoms with E-state index in [0.717, 1.165) is 30.8 Å². The summed E-state index contributed by atoms with van der Waals surface area (Å²) in [4.78, 5) is 26.3. The molecule has 0 aliphatic rings. The summed E-state index contributed by atoms with van der Waals surface area (Å²) in [5, 5.41) is 5.25. The third-order valence-electron chi connectivity index (χ3n) is 4.41. The molecule has 27 heavy (non-hydrogen) atoms. The van der Waals surface area contributed by atoms with Gasteiger partial charge in [-0.2, -0.15) is 0 Å². The summed E-state index contributed by atoms with van der Waals surface area (Å²) in [5.41, 5.74) is 2.13. The highest BCUT2D eigenvalue weighted by atomic mass is 19.1. The standard InChI is InChI=1S/C21H26FN3O2/c1-3-25(4-2)15-17-10-6-5-9-16(17)13-23-20(26)14-24-21(27)18-11-7-8-12-19(18)22/h5-12H,3-4,13-15H2,1-2H3,(H,23,26)(H,24,27). The van der Waals surface area contributed by atoms with Crippen molar-refractivity contribution < 1.29 is 14.0 Å². The Balaban J connectivity index is 1.87. The van der Waals surface area contributed by atoms with Gasteiger partial charge in [-0.05, 0) is 36.3 Å². The van der Waals surface area contributed by atoms with E-state index in [1.165, 1.54) is 18.2 Å². The van der Waals surface area contributed by atoms with Crippen LogP contribution in [0.1, 0.15) is 35.3 Å². The fraction of sp³-hybridized carbons (Fsp3) is 0.333. The maximum absolute atomic E-state index is 13.6. The van der Waals surface area contributed by atoms with Gasteiger partial charge in [-0.1, -0.05) is 50.2 Å². The first kappa shape index (κ1) is 20.6. The largest absolute Gasteiger partial charge is 0.350 e. The quantitative estimate of drug-likeness (QED) is 0.713. The minimum atomic E-state index is -0.610. The molecule has 6 heteroatoms. The van der Waals surface area contributed by atoms with E-state index < -0.39 is 11.7 Å². The van der Waals surface area contributed by atoms with Crippen molar-refractivity contribution in [3.05, 3.63) is 71.0 Å². The summed E-state index contributed by atoms with van der Waals surface area (Å²) in [7, 11) is 0. The van der Waals surface area contributed by atoms with Crippen molar-refractivity contribution in [2.45, 2.75) is 26.9 Å². The van der Waals surface area contributed by atoms with Crippen molar-refractivity contribution in [2.75, 3.05) is 19.6 Å². The molecule has 2 amide bonds. The smallest absolute Gasteiger partial charge is 0.254 e. The molecule has 0 bridgehead atoms. The lowest BCUT2D eigenvalue weighted by Crippen LogP contribution is -2.37. The Morgan fingerprint density at radius 3 is 2.22 bits per heavy atom. The van der Waals surface area contributed by atoms with Gasteiger partial charge in [0.2, 0.25) is 5.91 Å². The molecule has 0 heterocycles. The molecule has 0 saturated heterocycles. The summed E-state index contributed by atoms with van der Waals surface area (Å²) < 4.78 is 13.6. The fourth-order valence-corrected chi connectivity index (χ4v) is 2.73. The van der Waals surface area contributed by atoms with Crippen LogP contribution in [0.5, 0.6) is 0 Å². The molecule has 0 fully saturated rings. The van der Waals surface area contributed by atoms with E-state index in [4.69, 9.17) is 0 Å². The lowest BCUT2D eigenvalue weighted by atomic mass is 10.1. The van der Waals surface area contributed by atoms with Crippen LogP contribution < -0.4 is 10.6 Å². The molecule has 0 unspecified atom stereocenters. The number of hydrogen-bond donors (Lipinski definition) is 2. The predicted octanol–water partition coefficient (Wildman–Crippen LogP) is 2.71. The van der Waals surface area contributed by atoms with E-state index in [0.29, 0.717) is 6.54 Å². The lowest BCUT2D eigenvalue weighted by Gasteiger charge is -2.20. The molecule has 0 aromatic heterocycles. The van der Waals surface area contributed by atoms with Crippen LogP contribution in [0.3, 0.4) is 0 Å². The number of hydrogen-bond acceptors (Lipinski definition) is 3.